The number of halogens is 2. The topological polar surface area (TPSA) is 101 Å². The number of nitrogens with one attached hydrogen (secondary N) is 1. The fourth-order valence-electron chi connectivity index (χ4n) is 4.95. The molecule has 0 spiro atoms. The first-order chi connectivity index (χ1) is 21.2. The molecule has 6 rings (SSSR count). The molecule has 0 aliphatic carbocycles. The van der Waals surface area contributed by atoms with Crippen LogP contribution in [0.4, 0.5) is 14.5 Å². The minimum Gasteiger partial charge on any atom is -0.493 e. The first kappa shape index (κ1) is 28.8. The SMILES string of the molecule is COc1cc2nccc(Oc3ccc(NC(=O)c4cn(C5(C)COC5)cc(-c5ccc(F)cc5)c4=O)cc3F)c2cc1OC. The molecule has 0 saturated carbocycles. The maximum Gasteiger partial charge on any atom is 0.261 e. The van der Waals surface area contributed by atoms with Crippen molar-refractivity contribution >= 4 is 22.5 Å². The highest BCUT2D eigenvalue weighted by molar-refractivity contribution is 6.04. The number of methoxy groups -OCH3 is 2. The molecule has 5 aromatic rings. The number of pyridine rings is 2. The van der Waals surface area contributed by atoms with E-state index in [0.29, 0.717) is 46.9 Å². The van der Waals surface area contributed by atoms with Crippen molar-refractivity contribution in [2.24, 2.45) is 0 Å². The van der Waals surface area contributed by atoms with E-state index in [0.717, 1.165) is 6.07 Å². The number of fused-ring (bicyclic) bond motifs is 1. The van der Waals surface area contributed by atoms with Crippen LogP contribution in [-0.2, 0) is 10.3 Å². The molecule has 0 radical (unpaired) electrons. The van der Waals surface area contributed by atoms with Crippen LogP contribution in [0.1, 0.15) is 17.3 Å². The molecule has 224 valence electrons. The summed E-state index contributed by atoms with van der Waals surface area (Å²) in [6.07, 6.45) is 4.62. The van der Waals surface area contributed by atoms with Crippen molar-refractivity contribution in [3.05, 3.63) is 107 Å². The lowest BCUT2D eigenvalue weighted by Crippen LogP contribution is -2.49. The van der Waals surface area contributed by atoms with Crippen LogP contribution in [0.5, 0.6) is 23.0 Å². The van der Waals surface area contributed by atoms with E-state index in [1.165, 1.54) is 63.0 Å². The van der Waals surface area contributed by atoms with E-state index in [4.69, 9.17) is 18.9 Å². The lowest BCUT2D eigenvalue weighted by molar-refractivity contribution is -0.0899. The van der Waals surface area contributed by atoms with Gasteiger partial charge >= 0.3 is 0 Å². The molecule has 2 aromatic heterocycles. The Hall–Kier alpha value is -5.29. The van der Waals surface area contributed by atoms with Crippen LogP contribution in [0.25, 0.3) is 22.0 Å². The monoisotopic (exact) mass is 599 g/mol. The predicted molar refractivity (Wildman–Crippen MR) is 160 cm³/mol. The van der Waals surface area contributed by atoms with Crippen LogP contribution >= 0.6 is 0 Å². The predicted octanol–water partition coefficient (Wildman–Crippen LogP) is 6.15. The van der Waals surface area contributed by atoms with Gasteiger partial charge in [-0.3, -0.25) is 14.6 Å². The quantitative estimate of drug-likeness (QED) is 0.228. The van der Waals surface area contributed by atoms with Gasteiger partial charge < -0.3 is 28.8 Å². The number of aromatic nitrogens is 2. The highest BCUT2D eigenvalue weighted by atomic mass is 19.1. The van der Waals surface area contributed by atoms with Crippen molar-refractivity contribution in [3.8, 4) is 34.1 Å². The van der Waals surface area contributed by atoms with E-state index in [-0.39, 0.29) is 22.6 Å². The molecule has 0 bridgehead atoms. The Kier molecular flexibility index (Phi) is 7.48. The van der Waals surface area contributed by atoms with Crippen molar-refractivity contribution in [1.29, 1.82) is 0 Å². The minimum absolute atomic E-state index is 0.0937. The van der Waals surface area contributed by atoms with Gasteiger partial charge in [0.15, 0.2) is 23.1 Å². The molecule has 11 heteroatoms. The number of carbonyl (C=O) groups excluding carboxylic acids is 1. The van der Waals surface area contributed by atoms with Gasteiger partial charge in [0, 0.05) is 47.4 Å². The van der Waals surface area contributed by atoms with Gasteiger partial charge in [-0.05, 0) is 48.9 Å². The average molecular weight is 600 g/mol. The zero-order valence-electron chi connectivity index (χ0n) is 24.0. The maximum atomic E-state index is 15.3. The molecule has 1 N–H and O–H groups in total. The summed E-state index contributed by atoms with van der Waals surface area (Å²) in [5.74, 6) is -0.745. The molecule has 1 fully saturated rings. The molecule has 9 nitrogen and oxygen atoms in total. The molecule has 44 heavy (non-hydrogen) atoms. The van der Waals surface area contributed by atoms with Gasteiger partial charge in [0.05, 0.1) is 38.5 Å². The number of rotatable bonds is 8. The lowest BCUT2D eigenvalue weighted by Gasteiger charge is -2.40. The smallest absolute Gasteiger partial charge is 0.261 e. The van der Waals surface area contributed by atoms with Gasteiger partial charge in [-0.2, -0.15) is 0 Å². The van der Waals surface area contributed by atoms with E-state index < -0.39 is 28.5 Å². The van der Waals surface area contributed by atoms with Crippen LogP contribution in [0.2, 0.25) is 0 Å². The highest BCUT2D eigenvalue weighted by Gasteiger charge is 2.36. The Bertz CT molecular complexity index is 1950. The van der Waals surface area contributed by atoms with Crippen molar-refractivity contribution in [3.63, 3.8) is 0 Å². The summed E-state index contributed by atoms with van der Waals surface area (Å²) in [5, 5.41) is 3.19. The van der Waals surface area contributed by atoms with Crippen LogP contribution in [0.3, 0.4) is 0 Å². The molecule has 1 saturated heterocycles. The largest absolute Gasteiger partial charge is 0.493 e. The number of carbonyl (C=O) groups is 1. The second-order valence-electron chi connectivity index (χ2n) is 10.6. The molecule has 1 aliphatic rings. The minimum atomic E-state index is -0.746. The number of anilines is 1. The van der Waals surface area contributed by atoms with Gasteiger partial charge in [-0.25, -0.2) is 8.78 Å². The molecule has 1 aliphatic heterocycles. The Labute approximate surface area is 250 Å². The van der Waals surface area contributed by atoms with Crippen LogP contribution in [0.15, 0.2) is 84.0 Å². The summed E-state index contributed by atoms with van der Waals surface area (Å²) in [5.41, 5.74) is 0.159. The highest BCUT2D eigenvalue weighted by Crippen LogP contribution is 2.37. The zero-order chi connectivity index (χ0) is 31.0. The summed E-state index contributed by atoms with van der Waals surface area (Å²) in [4.78, 5) is 31.2. The van der Waals surface area contributed by atoms with E-state index in [2.05, 4.69) is 10.3 Å². The second kappa shape index (κ2) is 11.4. The van der Waals surface area contributed by atoms with Crippen molar-refractivity contribution in [2.75, 3.05) is 32.8 Å². The Balaban J connectivity index is 1.29. The van der Waals surface area contributed by atoms with E-state index in [1.807, 2.05) is 6.92 Å². The summed E-state index contributed by atoms with van der Waals surface area (Å²) in [6, 6.07) is 14.3. The van der Waals surface area contributed by atoms with Gasteiger partial charge in [-0.1, -0.05) is 12.1 Å². The van der Waals surface area contributed by atoms with Gasteiger partial charge in [0.1, 0.15) is 17.1 Å². The first-order valence-electron chi connectivity index (χ1n) is 13.6. The third kappa shape index (κ3) is 5.33. The number of amides is 1. The first-order valence-corrected chi connectivity index (χ1v) is 13.6. The average Bonchev–Trinajstić information content (AvgIpc) is 3.01. The van der Waals surface area contributed by atoms with Gasteiger partial charge in [-0.15, -0.1) is 0 Å². The van der Waals surface area contributed by atoms with Crippen LogP contribution < -0.4 is 25.0 Å². The summed E-state index contributed by atoms with van der Waals surface area (Å²) in [6.45, 7) is 2.71. The molecule has 3 aromatic carbocycles. The summed E-state index contributed by atoms with van der Waals surface area (Å²) >= 11 is 0. The summed E-state index contributed by atoms with van der Waals surface area (Å²) < 4.78 is 52.6. The summed E-state index contributed by atoms with van der Waals surface area (Å²) in [7, 11) is 3.02. The maximum absolute atomic E-state index is 15.3. The third-order valence-corrected chi connectivity index (χ3v) is 7.49. The molecular weight excluding hydrogens is 572 g/mol. The molecule has 0 atom stereocenters. The Morgan fingerprint density at radius 3 is 2.32 bits per heavy atom. The second-order valence-corrected chi connectivity index (χ2v) is 10.6. The van der Waals surface area contributed by atoms with E-state index in [9.17, 15) is 14.0 Å². The lowest BCUT2D eigenvalue weighted by atomic mass is 9.97. The van der Waals surface area contributed by atoms with E-state index in [1.54, 1.807) is 29.0 Å². The van der Waals surface area contributed by atoms with Crippen LogP contribution in [0, 0.1) is 11.6 Å². The van der Waals surface area contributed by atoms with Crippen molar-refractivity contribution < 1.29 is 32.5 Å². The zero-order valence-corrected chi connectivity index (χ0v) is 24.0. The molecule has 0 unspecified atom stereocenters. The Morgan fingerprint density at radius 1 is 0.932 bits per heavy atom. The number of hydrogen-bond donors (Lipinski definition) is 1. The van der Waals surface area contributed by atoms with E-state index >= 15 is 4.39 Å². The van der Waals surface area contributed by atoms with Crippen molar-refractivity contribution in [1.82, 2.24) is 9.55 Å². The standard InChI is InChI=1S/C33H27F2N3O6/c1-33(17-43-18-33)38-15-23(19-4-6-20(34)7-5-19)31(39)24(16-38)32(40)37-21-8-9-28(25(35)12-21)44-27-10-11-36-26-14-30(42-3)29(41-2)13-22(26)27/h4-16H,17-18H2,1-3H3,(H,37,40). The Morgan fingerprint density at radius 2 is 1.66 bits per heavy atom. The molecule has 3 heterocycles. The number of nitrogens with zero attached hydrogens (tertiary/aromatic N) is 2. The fourth-order valence-corrected chi connectivity index (χ4v) is 4.95. The molecular formula is C33H27F2N3O6. The number of hydrogen-bond acceptors (Lipinski definition) is 7. The van der Waals surface area contributed by atoms with Gasteiger partial charge in [0.25, 0.3) is 5.91 Å². The number of benzene rings is 3. The normalized spacial score (nSPS) is 13.7. The van der Waals surface area contributed by atoms with Gasteiger partial charge in [0.2, 0.25) is 5.43 Å². The third-order valence-electron chi connectivity index (χ3n) is 7.49. The number of ether oxygens (including phenoxy) is 4. The fraction of sp³-hybridized carbons (Fsp3) is 0.182. The van der Waals surface area contributed by atoms with Crippen molar-refractivity contribution in [2.45, 2.75) is 12.5 Å². The van der Waals surface area contributed by atoms with Crippen LogP contribution in [-0.4, -0.2) is 42.9 Å². The molecule has 1 amide bonds.